The number of benzene rings is 2. The van der Waals surface area contributed by atoms with E-state index in [2.05, 4.69) is 20.2 Å². The number of anilines is 4. The fourth-order valence-corrected chi connectivity index (χ4v) is 4.01. The summed E-state index contributed by atoms with van der Waals surface area (Å²) in [5.74, 6) is 1.14. The number of nitrogens with zero attached hydrogens (tertiary/aromatic N) is 4. The molecule has 152 valence electrons. The number of hydrogen-bond acceptors (Lipinski definition) is 5. The van der Waals surface area contributed by atoms with Gasteiger partial charge in [-0.1, -0.05) is 0 Å². The van der Waals surface area contributed by atoms with E-state index in [1.54, 1.807) is 12.1 Å². The zero-order valence-corrected chi connectivity index (χ0v) is 16.5. The van der Waals surface area contributed by atoms with Crippen molar-refractivity contribution in [2.75, 3.05) is 29.9 Å². The molecule has 2 aliphatic heterocycles. The van der Waals surface area contributed by atoms with Crippen molar-refractivity contribution in [3.8, 4) is 0 Å². The van der Waals surface area contributed by atoms with Crippen LogP contribution in [-0.4, -0.2) is 40.4 Å². The maximum atomic E-state index is 13.1. The number of carbonyl (C=O) groups excluding carboxylic acids is 1. The predicted molar refractivity (Wildman–Crippen MR) is 114 cm³/mol. The average Bonchev–Trinajstić information content (AvgIpc) is 3.45. The Bertz CT molecular complexity index is 1060. The van der Waals surface area contributed by atoms with Crippen LogP contribution < -0.4 is 10.2 Å². The molecule has 5 rings (SSSR count). The SMILES string of the molecule is O=C(c1ccc(N2CCc3cnc(Nc4ccc(F)cc4)nc32)cc1)N1CCCC1. The monoisotopic (exact) mass is 403 g/mol. The molecule has 0 bridgehead atoms. The first kappa shape index (κ1) is 18.5. The molecule has 0 atom stereocenters. The van der Waals surface area contributed by atoms with Crippen molar-refractivity contribution >= 4 is 29.0 Å². The van der Waals surface area contributed by atoms with Gasteiger partial charge < -0.3 is 15.1 Å². The molecule has 0 radical (unpaired) electrons. The van der Waals surface area contributed by atoms with Gasteiger partial charge in [0.2, 0.25) is 5.95 Å². The molecule has 6 nitrogen and oxygen atoms in total. The Labute approximate surface area is 174 Å². The minimum absolute atomic E-state index is 0.106. The molecular weight excluding hydrogens is 381 g/mol. The standard InChI is InChI=1S/C23H22FN5O/c24-18-5-7-19(8-6-18)26-23-25-15-17-11-14-29(21(17)27-23)20-9-3-16(4-10-20)22(30)28-12-1-2-13-28/h3-10,15H,1-2,11-14H2,(H,25,26,27). The number of carbonyl (C=O) groups is 1. The van der Waals surface area contributed by atoms with E-state index in [-0.39, 0.29) is 11.7 Å². The van der Waals surface area contributed by atoms with Gasteiger partial charge in [0.15, 0.2) is 0 Å². The number of rotatable bonds is 4. The third-order valence-electron chi connectivity index (χ3n) is 5.62. The summed E-state index contributed by atoms with van der Waals surface area (Å²) in [4.78, 5) is 25.7. The van der Waals surface area contributed by atoms with Crippen LogP contribution in [0.2, 0.25) is 0 Å². The first-order chi connectivity index (χ1) is 14.7. The summed E-state index contributed by atoms with van der Waals surface area (Å²) in [5.41, 5.74) is 3.53. The number of fused-ring (bicyclic) bond motifs is 1. The van der Waals surface area contributed by atoms with Crippen molar-refractivity contribution in [3.05, 3.63) is 71.7 Å². The van der Waals surface area contributed by atoms with Gasteiger partial charge in [0, 0.05) is 48.3 Å². The quantitative estimate of drug-likeness (QED) is 0.704. The molecule has 3 aromatic rings. The van der Waals surface area contributed by atoms with Gasteiger partial charge in [-0.2, -0.15) is 4.98 Å². The lowest BCUT2D eigenvalue weighted by Gasteiger charge is -2.20. The Kier molecular flexibility index (Phi) is 4.78. The first-order valence-electron chi connectivity index (χ1n) is 10.2. The molecule has 0 spiro atoms. The van der Waals surface area contributed by atoms with E-state index in [0.29, 0.717) is 5.95 Å². The maximum absolute atomic E-state index is 13.1. The summed E-state index contributed by atoms with van der Waals surface area (Å²) >= 11 is 0. The van der Waals surface area contributed by atoms with Crippen molar-refractivity contribution < 1.29 is 9.18 Å². The molecule has 1 saturated heterocycles. The zero-order chi connectivity index (χ0) is 20.5. The number of likely N-dealkylation sites (tertiary alicyclic amines) is 1. The highest BCUT2D eigenvalue weighted by Gasteiger charge is 2.24. The van der Waals surface area contributed by atoms with Gasteiger partial charge in [0.25, 0.3) is 5.91 Å². The molecule has 0 saturated carbocycles. The first-order valence-corrected chi connectivity index (χ1v) is 10.2. The van der Waals surface area contributed by atoms with E-state index in [9.17, 15) is 9.18 Å². The van der Waals surface area contributed by atoms with Crippen LogP contribution in [0.4, 0.5) is 27.5 Å². The fourth-order valence-electron chi connectivity index (χ4n) is 4.01. The van der Waals surface area contributed by atoms with E-state index < -0.39 is 0 Å². The lowest BCUT2D eigenvalue weighted by Crippen LogP contribution is -2.27. The van der Waals surface area contributed by atoms with Gasteiger partial charge in [-0.05, 0) is 67.8 Å². The fraction of sp³-hybridized carbons (Fsp3) is 0.261. The predicted octanol–water partition coefficient (Wildman–Crippen LogP) is 4.29. The van der Waals surface area contributed by atoms with Crippen LogP contribution >= 0.6 is 0 Å². The van der Waals surface area contributed by atoms with Crippen LogP contribution in [-0.2, 0) is 6.42 Å². The number of amides is 1. The largest absolute Gasteiger partial charge is 0.339 e. The van der Waals surface area contributed by atoms with Crippen LogP contribution in [0.1, 0.15) is 28.8 Å². The molecule has 1 aromatic heterocycles. The summed E-state index contributed by atoms with van der Waals surface area (Å²) in [7, 11) is 0. The highest BCUT2D eigenvalue weighted by atomic mass is 19.1. The zero-order valence-electron chi connectivity index (χ0n) is 16.5. The van der Waals surface area contributed by atoms with E-state index in [0.717, 1.165) is 67.2 Å². The van der Waals surface area contributed by atoms with Crippen molar-refractivity contribution in [1.29, 1.82) is 0 Å². The van der Waals surface area contributed by atoms with Crippen molar-refractivity contribution in [3.63, 3.8) is 0 Å². The van der Waals surface area contributed by atoms with Crippen LogP contribution in [0.25, 0.3) is 0 Å². The molecule has 1 N–H and O–H groups in total. The maximum Gasteiger partial charge on any atom is 0.253 e. The smallest absolute Gasteiger partial charge is 0.253 e. The summed E-state index contributed by atoms with van der Waals surface area (Å²) < 4.78 is 13.1. The van der Waals surface area contributed by atoms with Crippen LogP contribution in [0, 0.1) is 5.82 Å². The number of hydrogen-bond donors (Lipinski definition) is 1. The van der Waals surface area contributed by atoms with E-state index in [1.165, 1.54) is 12.1 Å². The Morgan fingerprint density at radius 3 is 2.43 bits per heavy atom. The third kappa shape index (κ3) is 3.58. The van der Waals surface area contributed by atoms with Crippen molar-refractivity contribution in [1.82, 2.24) is 14.9 Å². The Morgan fingerprint density at radius 2 is 1.70 bits per heavy atom. The van der Waals surface area contributed by atoms with E-state index in [4.69, 9.17) is 0 Å². The second-order valence-corrected chi connectivity index (χ2v) is 7.62. The van der Waals surface area contributed by atoms with E-state index >= 15 is 0 Å². The summed E-state index contributed by atoms with van der Waals surface area (Å²) in [5, 5.41) is 3.12. The van der Waals surface area contributed by atoms with Gasteiger partial charge in [-0.3, -0.25) is 4.79 Å². The van der Waals surface area contributed by atoms with Crippen molar-refractivity contribution in [2.24, 2.45) is 0 Å². The summed E-state index contributed by atoms with van der Waals surface area (Å²) in [6.45, 7) is 2.51. The van der Waals surface area contributed by atoms with Crippen LogP contribution in [0.3, 0.4) is 0 Å². The molecule has 0 unspecified atom stereocenters. The highest BCUT2D eigenvalue weighted by molar-refractivity contribution is 5.94. The molecule has 3 heterocycles. The Hall–Kier alpha value is -3.48. The third-order valence-corrected chi connectivity index (χ3v) is 5.62. The van der Waals surface area contributed by atoms with E-state index in [1.807, 2.05) is 35.4 Å². The molecule has 2 aliphatic rings. The molecule has 0 aliphatic carbocycles. The summed E-state index contributed by atoms with van der Waals surface area (Å²) in [6, 6.07) is 13.8. The molecule has 30 heavy (non-hydrogen) atoms. The topological polar surface area (TPSA) is 61.4 Å². The lowest BCUT2D eigenvalue weighted by molar-refractivity contribution is 0.0793. The van der Waals surface area contributed by atoms with Crippen molar-refractivity contribution in [2.45, 2.75) is 19.3 Å². The molecule has 1 amide bonds. The van der Waals surface area contributed by atoms with Gasteiger partial charge in [0.1, 0.15) is 11.6 Å². The Balaban J connectivity index is 1.36. The second kappa shape index (κ2) is 7.74. The normalized spacial score (nSPS) is 15.4. The van der Waals surface area contributed by atoms with Gasteiger partial charge >= 0.3 is 0 Å². The van der Waals surface area contributed by atoms with Gasteiger partial charge in [-0.25, -0.2) is 9.37 Å². The lowest BCUT2D eigenvalue weighted by atomic mass is 10.1. The molecule has 1 fully saturated rings. The number of nitrogens with one attached hydrogen (secondary N) is 1. The molecular formula is C23H22FN5O. The molecule has 7 heteroatoms. The van der Waals surface area contributed by atoms with Gasteiger partial charge in [-0.15, -0.1) is 0 Å². The van der Waals surface area contributed by atoms with Crippen LogP contribution in [0.15, 0.2) is 54.7 Å². The van der Waals surface area contributed by atoms with Gasteiger partial charge in [0.05, 0.1) is 0 Å². The molecule has 2 aromatic carbocycles. The minimum Gasteiger partial charge on any atom is -0.339 e. The number of aromatic nitrogens is 2. The second-order valence-electron chi connectivity index (χ2n) is 7.62. The summed E-state index contributed by atoms with van der Waals surface area (Å²) in [6.07, 6.45) is 4.87. The number of halogens is 1. The highest BCUT2D eigenvalue weighted by Crippen LogP contribution is 2.33. The van der Waals surface area contributed by atoms with Crippen LogP contribution in [0.5, 0.6) is 0 Å². The minimum atomic E-state index is -0.284. The Morgan fingerprint density at radius 1 is 0.967 bits per heavy atom. The average molecular weight is 403 g/mol.